The van der Waals surface area contributed by atoms with Gasteiger partial charge in [0.15, 0.2) is 0 Å². The normalized spacial score (nSPS) is 12.5. The first kappa shape index (κ1) is 24.6. The first-order valence-electron chi connectivity index (χ1n) is 10.1. The van der Waals surface area contributed by atoms with Gasteiger partial charge in [0.1, 0.15) is 0 Å². The van der Waals surface area contributed by atoms with E-state index >= 15 is 0 Å². The Bertz CT molecular complexity index is 975. The Morgan fingerprint density at radius 3 is 1.06 bits per heavy atom. The number of carbonyl (C=O) groups is 2. The number of carbonyl (C=O) groups excluding carboxylic acids is 2. The SMILES string of the molecule is Cc1cc[c]([Sb]([O]C(=O)CCl)([O]C(=O)CCl)([c]2ccc(C)cc2)[c]2ccc(C)cc2)cc1. The molecule has 0 aliphatic rings. The van der Waals surface area contributed by atoms with Gasteiger partial charge in [0.05, 0.1) is 0 Å². The molecule has 0 spiro atoms. The van der Waals surface area contributed by atoms with E-state index in [4.69, 9.17) is 29.2 Å². The van der Waals surface area contributed by atoms with Crippen molar-refractivity contribution in [2.45, 2.75) is 20.8 Å². The van der Waals surface area contributed by atoms with E-state index in [0.29, 0.717) is 10.5 Å². The van der Waals surface area contributed by atoms with E-state index in [0.717, 1.165) is 16.7 Å². The fourth-order valence-corrected chi connectivity index (χ4v) is 17.2. The number of benzene rings is 3. The molecule has 0 saturated carbocycles. The third-order valence-electron chi connectivity index (χ3n) is 5.28. The van der Waals surface area contributed by atoms with Gasteiger partial charge in [-0.15, -0.1) is 0 Å². The van der Waals surface area contributed by atoms with Crippen molar-refractivity contribution in [1.29, 1.82) is 0 Å². The van der Waals surface area contributed by atoms with Crippen molar-refractivity contribution in [3.8, 4) is 0 Å². The first-order valence-corrected chi connectivity index (χ1v) is 17.0. The number of alkyl halides is 2. The molecule has 0 aromatic heterocycles. The van der Waals surface area contributed by atoms with Crippen LogP contribution in [0.4, 0.5) is 0 Å². The van der Waals surface area contributed by atoms with Gasteiger partial charge >= 0.3 is 202 Å². The Morgan fingerprint density at radius 2 is 0.844 bits per heavy atom. The Kier molecular flexibility index (Phi) is 7.60. The van der Waals surface area contributed by atoms with Crippen molar-refractivity contribution in [2.24, 2.45) is 0 Å². The van der Waals surface area contributed by atoms with Gasteiger partial charge in [-0.2, -0.15) is 0 Å². The van der Waals surface area contributed by atoms with Crippen LogP contribution in [0.2, 0.25) is 0 Å². The number of hydrogen-bond donors (Lipinski definition) is 0. The van der Waals surface area contributed by atoms with Gasteiger partial charge in [0.2, 0.25) is 0 Å². The van der Waals surface area contributed by atoms with Crippen LogP contribution in [0.5, 0.6) is 0 Å². The quantitative estimate of drug-likeness (QED) is 0.316. The summed E-state index contributed by atoms with van der Waals surface area (Å²) in [5.41, 5.74) is 3.05. The topological polar surface area (TPSA) is 52.6 Å². The third-order valence-corrected chi connectivity index (χ3v) is 19.5. The van der Waals surface area contributed by atoms with E-state index in [1.54, 1.807) is 0 Å². The van der Waals surface area contributed by atoms with Crippen LogP contribution < -0.4 is 10.5 Å². The Morgan fingerprint density at radius 1 is 0.594 bits per heavy atom. The van der Waals surface area contributed by atoms with Crippen LogP contribution in [-0.2, 0) is 15.6 Å². The van der Waals surface area contributed by atoms with E-state index in [9.17, 15) is 9.59 Å². The van der Waals surface area contributed by atoms with Crippen LogP contribution in [0.1, 0.15) is 16.7 Å². The summed E-state index contributed by atoms with van der Waals surface area (Å²) in [7, 11) is 0. The molecule has 32 heavy (non-hydrogen) atoms. The van der Waals surface area contributed by atoms with Crippen LogP contribution in [0, 0.1) is 20.8 Å². The Balaban J connectivity index is 2.56. The second-order valence-electron chi connectivity index (χ2n) is 7.66. The minimum absolute atomic E-state index is 0.385. The van der Waals surface area contributed by atoms with Gasteiger partial charge in [-0.25, -0.2) is 0 Å². The van der Waals surface area contributed by atoms with Crippen LogP contribution in [0.25, 0.3) is 0 Å². The Hall–Kier alpha value is -2.00. The second kappa shape index (κ2) is 9.87. The zero-order valence-corrected chi connectivity index (χ0v) is 22.2. The molecule has 0 aliphatic heterocycles. The molecule has 3 aromatic rings. The number of hydrogen-bond acceptors (Lipinski definition) is 4. The zero-order valence-electron chi connectivity index (χ0n) is 18.2. The van der Waals surface area contributed by atoms with Crippen LogP contribution >= 0.6 is 23.2 Å². The van der Waals surface area contributed by atoms with Gasteiger partial charge in [0.25, 0.3) is 0 Å². The first-order chi connectivity index (χ1) is 15.2. The summed E-state index contributed by atoms with van der Waals surface area (Å²) in [6, 6.07) is 22.6. The van der Waals surface area contributed by atoms with Gasteiger partial charge in [0, 0.05) is 0 Å². The molecular formula is C25H25Cl2O4Sb. The fourth-order valence-electron chi connectivity index (χ4n) is 3.67. The molecule has 0 radical (unpaired) electrons. The molecule has 0 bridgehead atoms. The summed E-state index contributed by atoms with van der Waals surface area (Å²) >= 11 is 6.08. The molecule has 4 nitrogen and oxygen atoms in total. The molecule has 168 valence electrons. The van der Waals surface area contributed by atoms with Gasteiger partial charge in [-0.05, 0) is 0 Å². The number of halogens is 2. The molecule has 0 saturated heterocycles. The summed E-state index contributed by atoms with van der Waals surface area (Å²) in [6.45, 7) is 5.88. The van der Waals surface area contributed by atoms with E-state index in [1.807, 2.05) is 93.6 Å². The predicted molar refractivity (Wildman–Crippen MR) is 132 cm³/mol. The molecule has 0 atom stereocenters. The average Bonchev–Trinajstić information content (AvgIpc) is 2.79. The number of aryl methyl sites for hydroxylation is 3. The van der Waals surface area contributed by atoms with E-state index < -0.39 is 30.2 Å². The van der Waals surface area contributed by atoms with Crippen molar-refractivity contribution >= 4 is 63.9 Å². The molecule has 0 aliphatic carbocycles. The summed E-state index contributed by atoms with van der Waals surface area (Å²) < 4.78 is 14.6. The van der Waals surface area contributed by atoms with E-state index in [1.165, 1.54) is 0 Å². The second-order valence-corrected chi connectivity index (χ2v) is 19.1. The van der Waals surface area contributed by atoms with Gasteiger partial charge in [-0.3, -0.25) is 0 Å². The van der Waals surface area contributed by atoms with E-state index in [-0.39, 0.29) is 11.8 Å². The molecule has 0 unspecified atom stereocenters. The molecule has 3 aromatic carbocycles. The monoisotopic (exact) mass is 580 g/mol. The van der Waals surface area contributed by atoms with Crippen molar-refractivity contribution in [1.82, 2.24) is 0 Å². The van der Waals surface area contributed by atoms with Gasteiger partial charge < -0.3 is 0 Å². The summed E-state index contributed by atoms with van der Waals surface area (Å²) in [4.78, 5) is 25.8. The predicted octanol–water partition coefficient (Wildman–Crippen LogP) is 3.59. The molecule has 0 N–H and O–H groups in total. The number of rotatable bonds is 7. The summed E-state index contributed by atoms with van der Waals surface area (Å²) in [6.07, 6.45) is 0. The molecule has 7 heteroatoms. The maximum atomic E-state index is 12.9. The molecule has 0 amide bonds. The van der Waals surface area contributed by atoms with Crippen LogP contribution in [0.3, 0.4) is 0 Å². The maximum absolute atomic E-state index is 12.9. The van der Waals surface area contributed by atoms with Crippen LogP contribution in [0.15, 0.2) is 72.8 Å². The molecule has 0 heterocycles. The third kappa shape index (κ3) is 4.41. The van der Waals surface area contributed by atoms with Crippen molar-refractivity contribution < 1.29 is 15.6 Å². The van der Waals surface area contributed by atoms with Gasteiger partial charge in [-0.1, -0.05) is 0 Å². The van der Waals surface area contributed by atoms with E-state index in [2.05, 4.69) is 0 Å². The molecular weight excluding hydrogens is 557 g/mol. The fraction of sp³-hybridized carbons (Fsp3) is 0.200. The van der Waals surface area contributed by atoms with Crippen molar-refractivity contribution in [3.05, 3.63) is 89.5 Å². The van der Waals surface area contributed by atoms with Crippen molar-refractivity contribution in [2.75, 3.05) is 11.8 Å². The summed E-state index contributed by atoms with van der Waals surface area (Å²) in [5.74, 6) is -2.11. The Labute approximate surface area is 200 Å². The zero-order chi connectivity index (χ0) is 23.4. The summed E-state index contributed by atoms with van der Waals surface area (Å²) in [5, 5.41) is 0. The minimum atomic E-state index is -5.75. The molecule has 3 rings (SSSR count). The average molecular weight is 582 g/mol. The van der Waals surface area contributed by atoms with Crippen molar-refractivity contribution in [3.63, 3.8) is 0 Å². The molecule has 0 fully saturated rings. The standard InChI is InChI=1S/3C7H7.2C2H3ClO2.Sb/c3*1-7-5-3-2-4-6-7;2*3-1-2(4)5;/h3*3-6H,1H3;2*1H2,(H,4,5);/q;;;;;+2/p-2. The van der Waals surface area contributed by atoms with Crippen LogP contribution in [-0.4, -0.2) is 41.9 Å².